The number of nitrogens with one attached hydrogen (secondary N) is 1. The lowest BCUT2D eigenvalue weighted by atomic mass is 9.98. The molecule has 2 fully saturated rings. The van der Waals surface area contributed by atoms with E-state index in [0.29, 0.717) is 6.04 Å². The molecule has 0 radical (unpaired) electrons. The van der Waals surface area contributed by atoms with Gasteiger partial charge in [-0.15, -0.1) is 0 Å². The molecule has 1 N–H and O–H groups in total. The van der Waals surface area contributed by atoms with Crippen LogP contribution >= 0.6 is 0 Å². The van der Waals surface area contributed by atoms with Crippen molar-refractivity contribution in [3.63, 3.8) is 0 Å². The Morgan fingerprint density at radius 2 is 2.12 bits per heavy atom. The molecule has 0 bridgehead atoms. The Hall–Kier alpha value is -0.120. The molecular formula is C14H29N3. The first kappa shape index (κ1) is 13.3. The topological polar surface area (TPSA) is 18.5 Å². The summed E-state index contributed by atoms with van der Waals surface area (Å²) in [4.78, 5) is 5.37. The zero-order valence-corrected chi connectivity index (χ0v) is 11.8. The second-order valence-electron chi connectivity index (χ2n) is 5.87. The van der Waals surface area contributed by atoms with Gasteiger partial charge in [-0.3, -0.25) is 9.80 Å². The van der Waals surface area contributed by atoms with E-state index in [1.54, 1.807) is 0 Å². The van der Waals surface area contributed by atoms with Gasteiger partial charge in [0, 0.05) is 38.3 Å². The Morgan fingerprint density at radius 1 is 1.29 bits per heavy atom. The van der Waals surface area contributed by atoms with Gasteiger partial charge in [-0.25, -0.2) is 0 Å². The summed E-state index contributed by atoms with van der Waals surface area (Å²) in [5.41, 5.74) is 0. The van der Waals surface area contributed by atoms with Crippen LogP contribution in [0.25, 0.3) is 0 Å². The summed E-state index contributed by atoms with van der Waals surface area (Å²) in [5.74, 6) is 0.779. The molecule has 3 unspecified atom stereocenters. The summed E-state index contributed by atoms with van der Waals surface area (Å²) < 4.78 is 0. The van der Waals surface area contributed by atoms with Crippen molar-refractivity contribution in [2.45, 2.75) is 45.2 Å². The van der Waals surface area contributed by atoms with Crippen LogP contribution in [0.3, 0.4) is 0 Å². The minimum atomic E-state index is 0.660. The van der Waals surface area contributed by atoms with E-state index in [-0.39, 0.29) is 0 Å². The van der Waals surface area contributed by atoms with E-state index in [4.69, 9.17) is 0 Å². The van der Waals surface area contributed by atoms with Gasteiger partial charge in [0.25, 0.3) is 0 Å². The van der Waals surface area contributed by atoms with E-state index in [1.807, 2.05) is 0 Å². The zero-order valence-electron chi connectivity index (χ0n) is 11.8. The minimum Gasteiger partial charge on any atom is -0.315 e. The van der Waals surface area contributed by atoms with Crippen LogP contribution in [-0.4, -0.2) is 61.7 Å². The molecule has 2 aliphatic heterocycles. The fraction of sp³-hybridized carbons (Fsp3) is 1.00. The molecule has 0 aromatic carbocycles. The predicted molar refractivity (Wildman–Crippen MR) is 73.3 cm³/mol. The Balaban J connectivity index is 1.82. The molecule has 0 spiro atoms. The van der Waals surface area contributed by atoms with E-state index < -0.39 is 0 Å². The predicted octanol–water partition coefficient (Wildman–Crippen LogP) is 1.40. The first-order valence-corrected chi connectivity index (χ1v) is 7.38. The number of likely N-dealkylation sites (N-methyl/N-ethyl adjacent to an activating group) is 1. The minimum absolute atomic E-state index is 0.660. The average Bonchev–Trinajstić information content (AvgIpc) is 2.82. The van der Waals surface area contributed by atoms with Crippen molar-refractivity contribution >= 4 is 0 Å². The maximum atomic E-state index is 3.50. The van der Waals surface area contributed by atoms with Gasteiger partial charge in [0.05, 0.1) is 0 Å². The first-order chi connectivity index (χ1) is 8.24. The maximum absolute atomic E-state index is 3.50. The van der Waals surface area contributed by atoms with Gasteiger partial charge >= 0.3 is 0 Å². The van der Waals surface area contributed by atoms with Crippen molar-refractivity contribution in [1.29, 1.82) is 0 Å². The lowest BCUT2D eigenvalue weighted by molar-refractivity contribution is 0.0909. The highest BCUT2D eigenvalue weighted by Gasteiger charge is 2.31. The van der Waals surface area contributed by atoms with Crippen molar-refractivity contribution < 1.29 is 0 Å². The van der Waals surface area contributed by atoms with Crippen LogP contribution in [-0.2, 0) is 0 Å². The number of fused-ring (bicyclic) bond motifs is 1. The highest BCUT2D eigenvalue weighted by Crippen LogP contribution is 2.22. The smallest absolute Gasteiger partial charge is 0.0224 e. The molecule has 2 saturated heterocycles. The largest absolute Gasteiger partial charge is 0.315 e. The Bertz CT molecular complexity index is 232. The molecule has 0 aromatic heterocycles. The third-order valence-corrected chi connectivity index (χ3v) is 4.83. The Morgan fingerprint density at radius 3 is 2.82 bits per heavy atom. The van der Waals surface area contributed by atoms with Gasteiger partial charge in [-0.2, -0.15) is 0 Å². The first-order valence-electron chi connectivity index (χ1n) is 7.38. The lowest BCUT2D eigenvalue weighted by Crippen LogP contribution is -2.54. The molecule has 2 aliphatic rings. The molecular weight excluding hydrogens is 210 g/mol. The van der Waals surface area contributed by atoms with Gasteiger partial charge in [0.15, 0.2) is 0 Å². The molecule has 3 nitrogen and oxygen atoms in total. The number of nitrogens with zero attached hydrogens (tertiary/aromatic N) is 2. The van der Waals surface area contributed by atoms with E-state index in [0.717, 1.165) is 12.0 Å². The van der Waals surface area contributed by atoms with E-state index in [1.165, 1.54) is 52.0 Å². The molecule has 0 saturated carbocycles. The molecule has 100 valence electrons. The van der Waals surface area contributed by atoms with Gasteiger partial charge in [0.1, 0.15) is 0 Å². The third-order valence-electron chi connectivity index (χ3n) is 4.83. The zero-order chi connectivity index (χ0) is 12.3. The Labute approximate surface area is 107 Å². The highest BCUT2D eigenvalue weighted by atomic mass is 15.3. The van der Waals surface area contributed by atoms with Crippen LogP contribution in [0.15, 0.2) is 0 Å². The highest BCUT2D eigenvalue weighted by molar-refractivity contribution is 4.88. The van der Waals surface area contributed by atoms with Crippen molar-refractivity contribution in [1.82, 2.24) is 15.1 Å². The number of hydrogen-bond donors (Lipinski definition) is 1. The SMILES string of the molecule is CCC(C)C(CN1CCN2CCCC2C1)NC. The van der Waals surface area contributed by atoms with Crippen LogP contribution in [0.1, 0.15) is 33.1 Å². The van der Waals surface area contributed by atoms with Crippen LogP contribution in [0.2, 0.25) is 0 Å². The summed E-state index contributed by atoms with van der Waals surface area (Å²) in [7, 11) is 2.11. The molecule has 2 heterocycles. The van der Waals surface area contributed by atoms with Crippen molar-refractivity contribution in [2.75, 3.05) is 39.8 Å². The van der Waals surface area contributed by atoms with Crippen molar-refractivity contribution in [2.24, 2.45) is 5.92 Å². The summed E-state index contributed by atoms with van der Waals surface area (Å²) >= 11 is 0. The number of rotatable bonds is 5. The molecule has 17 heavy (non-hydrogen) atoms. The molecule has 3 atom stereocenters. The second kappa shape index (κ2) is 6.17. The lowest BCUT2D eigenvalue weighted by Gasteiger charge is -2.39. The maximum Gasteiger partial charge on any atom is 0.0224 e. The Kier molecular flexibility index (Phi) is 4.83. The van der Waals surface area contributed by atoms with Gasteiger partial charge < -0.3 is 5.32 Å². The summed E-state index contributed by atoms with van der Waals surface area (Å²) in [6.45, 7) is 11.1. The summed E-state index contributed by atoms with van der Waals surface area (Å²) in [6.07, 6.45) is 4.11. The fourth-order valence-corrected chi connectivity index (χ4v) is 3.34. The molecule has 0 amide bonds. The van der Waals surface area contributed by atoms with Gasteiger partial charge in [-0.1, -0.05) is 20.3 Å². The molecule has 0 aliphatic carbocycles. The van der Waals surface area contributed by atoms with E-state index in [2.05, 4.69) is 36.0 Å². The summed E-state index contributed by atoms with van der Waals surface area (Å²) in [5, 5.41) is 3.50. The number of hydrogen-bond acceptors (Lipinski definition) is 3. The van der Waals surface area contributed by atoms with Crippen LogP contribution < -0.4 is 5.32 Å². The van der Waals surface area contributed by atoms with Gasteiger partial charge in [0.2, 0.25) is 0 Å². The number of piperazine rings is 1. The van der Waals surface area contributed by atoms with E-state index >= 15 is 0 Å². The van der Waals surface area contributed by atoms with Crippen LogP contribution in [0, 0.1) is 5.92 Å². The van der Waals surface area contributed by atoms with Crippen molar-refractivity contribution in [3.8, 4) is 0 Å². The summed E-state index contributed by atoms with van der Waals surface area (Å²) in [6, 6.07) is 1.52. The monoisotopic (exact) mass is 239 g/mol. The van der Waals surface area contributed by atoms with Crippen molar-refractivity contribution in [3.05, 3.63) is 0 Å². The quantitative estimate of drug-likeness (QED) is 0.782. The second-order valence-corrected chi connectivity index (χ2v) is 5.87. The van der Waals surface area contributed by atoms with Gasteiger partial charge in [-0.05, 0) is 32.4 Å². The molecule has 0 aromatic rings. The third kappa shape index (κ3) is 3.21. The van der Waals surface area contributed by atoms with Crippen LogP contribution in [0.4, 0.5) is 0 Å². The van der Waals surface area contributed by atoms with E-state index in [9.17, 15) is 0 Å². The molecule has 2 rings (SSSR count). The van der Waals surface area contributed by atoms with Crippen LogP contribution in [0.5, 0.6) is 0 Å². The average molecular weight is 239 g/mol. The normalized spacial score (nSPS) is 30.2. The standard InChI is InChI=1S/C14H29N3/c1-4-12(2)14(15-3)11-16-8-9-17-7-5-6-13(17)10-16/h12-15H,4-11H2,1-3H3. The molecule has 3 heteroatoms. The fourth-order valence-electron chi connectivity index (χ4n) is 3.34.